The Morgan fingerprint density at radius 3 is 2.67 bits per heavy atom. The van der Waals surface area contributed by atoms with Crippen LogP contribution >= 0.6 is 0 Å². The number of aryl methyl sites for hydroxylation is 1. The van der Waals surface area contributed by atoms with E-state index in [4.69, 9.17) is 4.42 Å². The molecule has 1 fully saturated rings. The first-order chi connectivity index (χ1) is 10.2. The third-order valence-corrected chi connectivity index (χ3v) is 5.00. The second kappa shape index (κ2) is 5.84. The molecular formula is C19H27NO. The molecule has 1 saturated carbocycles. The van der Waals surface area contributed by atoms with Gasteiger partial charge in [-0.05, 0) is 44.1 Å². The zero-order chi connectivity index (χ0) is 14.9. The zero-order valence-electron chi connectivity index (χ0n) is 13.5. The van der Waals surface area contributed by atoms with E-state index in [9.17, 15) is 0 Å². The molecule has 1 aliphatic carbocycles. The van der Waals surface area contributed by atoms with Gasteiger partial charge in [0.05, 0.1) is 6.04 Å². The highest BCUT2D eigenvalue weighted by atomic mass is 16.3. The first-order valence-electron chi connectivity index (χ1n) is 8.43. The average molecular weight is 285 g/mol. The lowest BCUT2D eigenvalue weighted by Crippen LogP contribution is -2.27. The highest BCUT2D eigenvalue weighted by Gasteiger charge is 2.41. The summed E-state index contributed by atoms with van der Waals surface area (Å²) in [7, 11) is 0. The van der Waals surface area contributed by atoms with Gasteiger partial charge in [-0.3, -0.25) is 0 Å². The van der Waals surface area contributed by atoms with E-state index in [2.05, 4.69) is 44.3 Å². The SMILES string of the molecule is CCCC1(CNC(C)c2oc3ccccc3c2CC)CC1. The van der Waals surface area contributed by atoms with Crippen molar-refractivity contribution < 1.29 is 4.42 Å². The maximum Gasteiger partial charge on any atom is 0.134 e. The van der Waals surface area contributed by atoms with Crippen molar-refractivity contribution >= 4 is 11.0 Å². The lowest BCUT2D eigenvalue weighted by Gasteiger charge is -2.19. The Balaban J connectivity index is 1.76. The molecule has 21 heavy (non-hydrogen) atoms. The van der Waals surface area contributed by atoms with Crippen LogP contribution in [0.3, 0.4) is 0 Å². The van der Waals surface area contributed by atoms with Crippen LogP contribution in [0.5, 0.6) is 0 Å². The topological polar surface area (TPSA) is 25.2 Å². The summed E-state index contributed by atoms with van der Waals surface area (Å²) < 4.78 is 6.13. The number of hydrogen-bond acceptors (Lipinski definition) is 2. The second-order valence-electron chi connectivity index (χ2n) is 6.65. The highest BCUT2D eigenvalue weighted by molar-refractivity contribution is 5.82. The normalized spacial score (nSPS) is 18.0. The number of fused-ring (bicyclic) bond motifs is 1. The minimum atomic E-state index is 0.293. The molecule has 0 aliphatic heterocycles. The molecule has 2 aromatic rings. The molecule has 1 aromatic carbocycles. The summed E-state index contributed by atoms with van der Waals surface area (Å²) in [5.41, 5.74) is 2.97. The standard InChI is InChI=1S/C19H27NO/c1-4-10-19(11-12-19)13-20-14(3)18-15(5-2)16-8-6-7-9-17(16)21-18/h6-9,14,20H,4-5,10-13H2,1-3H3. The van der Waals surface area contributed by atoms with Crippen LogP contribution in [0.4, 0.5) is 0 Å². The smallest absolute Gasteiger partial charge is 0.134 e. The Morgan fingerprint density at radius 1 is 1.24 bits per heavy atom. The Morgan fingerprint density at radius 2 is 2.00 bits per heavy atom. The number of nitrogens with one attached hydrogen (secondary N) is 1. The van der Waals surface area contributed by atoms with Gasteiger partial charge in [0.25, 0.3) is 0 Å². The largest absolute Gasteiger partial charge is 0.459 e. The molecule has 1 aromatic heterocycles. The first-order valence-corrected chi connectivity index (χ1v) is 8.43. The lowest BCUT2D eigenvalue weighted by molar-refractivity contribution is 0.370. The van der Waals surface area contributed by atoms with Gasteiger partial charge in [0.1, 0.15) is 11.3 Å². The molecule has 0 spiro atoms. The van der Waals surface area contributed by atoms with Crippen LogP contribution < -0.4 is 5.32 Å². The summed E-state index contributed by atoms with van der Waals surface area (Å²) in [6.07, 6.45) is 6.45. The minimum absolute atomic E-state index is 0.293. The van der Waals surface area contributed by atoms with Gasteiger partial charge in [0.15, 0.2) is 0 Å². The molecule has 1 aliphatic rings. The highest BCUT2D eigenvalue weighted by Crippen LogP contribution is 2.49. The van der Waals surface area contributed by atoms with Crippen molar-refractivity contribution in [2.24, 2.45) is 5.41 Å². The van der Waals surface area contributed by atoms with E-state index < -0.39 is 0 Å². The molecular weight excluding hydrogens is 258 g/mol. The number of para-hydroxylation sites is 1. The maximum atomic E-state index is 6.13. The molecule has 0 saturated heterocycles. The number of benzene rings is 1. The van der Waals surface area contributed by atoms with Gasteiger partial charge in [0, 0.05) is 17.5 Å². The summed E-state index contributed by atoms with van der Waals surface area (Å²) >= 11 is 0. The van der Waals surface area contributed by atoms with Gasteiger partial charge in [-0.25, -0.2) is 0 Å². The average Bonchev–Trinajstić information content (AvgIpc) is 3.16. The van der Waals surface area contributed by atoms with Crippen LogP contribution in [-0.4, -0.2) is 6.54 Å². The van der Waals surface area contributed by atoms with E-state index >= 15 is 0 Å². The molecule has 1 atom stereocenters. The number of rotatable bonds is 7. The molecule has 1 unspecified atom stereocenters. The fourth-order valence-electron chi connectivity index (χ4n) is 3.52. The summed E-state index contributed by atoms with van der Waals surface area (Å²) in [4.78, 5) is 0. The fourth-order valence-corrected chi connectivity index (χ4v) is 3.52. The predicted octanol–water partition coefficient (Wildman–Crippen LogP) is 5.23. The van der Waals surface area contributed by atoms with Crippen molar-refractivity contribution in [2.75, 3.05) is 6.54 Å². The van der Waals surface area contributed by atoms with Crippen molar-refractivity contribution in [3.05, 3.63) is 35.6 Å². The van der Waals surface area contributed by atoms with Gasteiger partial charge >= 0.3 is 0 Å². The third kappa shape index (κ3) is 2.87. The molecule has 3 rings (SSSR count). The van der Waals surface area contributed by atoms with Crippen molar-refractivity contribution in [3.63, 3.8) is 0 Å². The van der Waals surface area contributed by atoms with E-state index in [1.54, 1.807) is 0 Å². The fraction of sp³-hybridized carbons (Fsp3) is 0.579. The Kier molecular flexibility index (Phi) is 4.08. The van der Waals surface area contributed by atoms with E-state index in [-0.39, 0.29) is 0 Å². The van der Waals surface area contributed by atoms with E-state index in [0.717, 1.165) is 24.3 Å². The Bertz CT molecular complexity index is 609. The van der Waals surface area contributed by atoms with Crippen LogP contribution in [-0.2, 0) is 6.42 Å². The molecule has 114 valence electrons. The van der Waals surface area contributed by atoms with E-state index in [1.807, 2.05) is 6.07 Å². The monoisotopic (exact) mass is 285 g/mol. The molecule has 2 heteroatoms. The van der Waals surface area contributed by atoms with E-state index in [1.165, 1.54) is 36.6 Å². The van der Waals surface area contributed by atoms with Crippen LogP contribution in [0, 0.1) is 5.41 Å². The molecule has 2 nitrogen and oxygen atoms in total. The molecule has 1 heterocycles. The Hall–Kier alpha value is -1.28. The zero-order valence-corrected chi connectivity index (χ0v) is 13.5. The van der Waals surface area contributed by atoms with Crippen LogP contribution in [0.25, 0.3) is 11.0 Å². The minimum Gasteiger partial charge on any atom is -0.459 e. The van der Waals surface area contributed by atoms with Crippen LogP contribution in [0.15, 0.2) is 28.7 Å². The quantitative estimate of drug-likeness (QED) is 0.754. The van der Waals surface area contributed by atoms with Gasteiger partial charge in [-0.2, -0.15) is 0 Å². The summed E-state index contributed by atoms with van der Waals surface area (Å²) in [6, 6.07) is 8.69. The maximum absolute atomic E-state index is 6.13. The van der Waals surface area contributed by atoms with Gasteiger partial charge in [0.2, 0.25) is 0 Å². The van der Waals surface area contributed by atoms with Gasteiger partial charge < -0.3 is 9.73 Å². The number of furan rings is 1. The van der Waals surface area contributed by atoms with Crippen molar-refractivity contribution in [1.82, 2.24) is 5.32 Å². The Labute approximate surface area is 127 Å². The first kappa shape index (κ1) is 14.6. The molecule has 0 amide bonds. The molecule has 0 bridgehead atoms. The summed E-state index contributed by atoms with van der Waals surface area (Å²) in [5.74, 6) is 1.13. The van der Waals surface area contributed by atoms with Crippen molar-refractivity contribution in [3.8, 4) is 0 Å². The van der Waals surface area contributed by atoms with E-state index in [0.29, 0.717) is 11.5 Å². The summed E-state index contributed by atoms with van der Waals surface area (Å²) in [5, 5.41) is 5.00. The predicted molar refractivity (Wildman–Crippen MR) is 88.6 cm³/mol. The lowest BCUT2D eigenvalue weighted by atomic mass is 9.99. The van der Waals surface area contributed by atoms with Crippen LogP contribution in [0.1, 0.15) is 63.8 Å². The second-order valence-corrected chi connectivity index (χ2v) is 6.65. The molecule has 0 radical (unpaired) electrons. The van der Waals surface area contributed by atoms with Crippen molar-refractivity contribution in [2.45, 2.75) is 58.9 Å². The summed E-state index contributed by atoms with van der Waals surface area (Å²) in [6.45, 7) is 7.87. The van der Waals surface area contributed by atoms with Crippen LogP contribution in [0.2, 0.25) is 0 Å². The molecule has 1 N–H and O–H groups in total. The van der Waals surface area contributed by atoms with Crippen molar-refractivity contribution in [1.29, 1.82) is 0 Å². The van der Waals surface area contributed by atoms with Gasteiger partial charge in [-0.15, -0.1) is 0 Å². The third-order valence-electron chi connectivity index (χ3n) is 5.00. The van der Waals surface area contributed by atoms with Gasteiger partial charge in [-0.1, -0.05) is 38.5 Å². The number of hydrogen-bond donors (Lipinski definition) is 1.